The molecule has 2 aliphatic rings. The number of carbonyl (C=O) groups excluding carboxylic acids is 2. The molecule has 0 unspecified atom stereocenters. The lowest BCUT2D eigenvalue weighted by Crippen LogP contribution is -2.42. The predicted molar refractivity (Wildman–Crippen MR) is 118 cm³/mol. The topological polar surface area (TPSA) is 89.8 Å². The van der Waals surface area contributed by atoms with E-state index in [1.807, 2.05) is 13.0 Å². The molecule has 2 N–H and O–H groups in total. The first-order valence-electron chi connectivity index (χ1n) is 11.3. The summed E-state index contributed by atoms with van der Waals surface area (Å²) in [6, 6.07) is 6.90. The van der Waals surface area contributed by atoms with Crippen molar-refractivity contribution in [2.75, 3.05) is 25.6 Å². The Hall–Kier alpha value is -2.38. The molecule has 1 aliphatic carbocycles. The van der Waals surface area contributed by atoms with Gasteiger partial charge in [0, 0.05) is 18.2 Å². The van der Waals surface area contributed by atoms with E-state index in [4.69, 9.17) is 13.9 Å². The van der Waals surface area contributed by atoms with Crippen LogP contribution in [0.4, 0.5) is 5.69 Å². The van der Waals surface area contributed by atoms with Crippen LogP contribution in [0.5, 0.6) is 0 Å². The first-order chi connectivity index (χ1) is 15.0. The fraction of sp³-hybridized carbons (Fsp3) is 0.583. The third-order valence-electron chi connectivity index (χ3n) is 6.64. The normalized spacial score (nSPS) is 23.0. The van der Waals surface area contributed by atoms with Crippen LogP contribution in [-0.2, 0) is 14.3 Å². The molecule has 2 heterocycles. The number of amides is 1. The molecule has 1 aromatic heterocycles. The molecule has 7 nitrogen and oxygen atoms in total. The van der Waals surface area contributed by atoms with Crippen molar-refractivity contribution in [2.45, 2.75) is 57.6 Å². The number of furan rings is 1. The number of rotatable bonds is 7. The minimum absolute atomic E-state index is 0.0177. The van der Waals surface area contributed by atoms with Gasteiger partial charge in [0.05, 0.1) is 12.1 Å². The maximum absolute atomic E-state index is 13.0. The molecule has 1 saturated heterocycles. The molecule has 1 saturated carbocycles. The Morgan fingerprint density at radius 2 is 2.00 bits per heavy atom. The zero-order chi connectivity index (χ0) is 21.8. The molecule has 31 heavy (non-hydrogen) atoms. The Bertz CT molecular complexity index is 918. The third kappa shape index (κ3) is 5.10. The molecule has 1 aromatic carbocycles. The number of carbonyl (C=O) groups is 2. The second kappa shape index (κ2) is 9.83. The quantitative estimate of drug-likeness (QED) is 0.645. The lowest BCUT2D eigenvalue weighted by molar-refractivity contribution is -0.119. The molecule has 1 aliphatic heterocycles. The highest BCUT2D eigenvalue weighted by atomic mass is 16.6. The van der Waals surface area contributed by atoms with Crippen molar-refractivity contribution in [3.05, 3.63) is 30.0 Å². The zero-order valence-corrected chi connectivity index (χ0v) is 18.3. The summed E-state index contributed by atoms with van der Waals surface area (Å²) in [6.45, 7) is 2.87. The SMILES string of the molecule is CO[C@@H](C)COC(=O)c1cc2cc(NC(=O)[C@@H]3NCC[C@H]3C3CCCCC3)ccc2o1. The number of nitrogens with one attached hydrogen (secondary N) is 2. The van der Waals surface area contributed by atoms with Gasteiger partial charge in [-0.3, -0.25) is 4.79 Å². The zero-order valence-electron chi connectivity index (χ0n) is 18.3. The van der Waals surface area contributed by atoms with Crippen molar-refractivity contribution in [3.8, 4) is 0 Å². The van der Waals surface area contributed by atoms with E-state index < -0.39 is 5.97 Å². The lowest BCUT2D eigenvalue weighted by atomic mass is 9.76. The van der Waals surface area contributed by atoms with Gasteiger partial charge in [-0.05, 0) is 56.0 Å². The summed E-state index contributed by atoms with van der Waals surface area (Å²) in [4.78, 5) is 25.2. The van der Waals surface area contributed by atoms with Crippen LogP contribution in [0.25, 0.3) is 11.0 Å². The Labute approximate surface area is 182 Å². The molecule has 4 rings (SSSR count). The maximum Gasteiger partial charge on any atom is 0.374 e. The van der Waals surface area contributed by atoms with E-state index in [0.29, 0.717) is 23.1 Å². The van der Waals surface area contributed by atoms with Crippen LogP contribution in [0.3, 0.4) is 0 Å². The van der Waals surface area contributed by atoms with Crippen LogP contribution in [0.1, 0.15) is 56.0 Å². The van der Waals surface area contributed by atoms with E-state index in [1.54, 1.807) is 25.3 Å². The predicted octanol–water partition coefficient (Wildman–Crippen LogP) is 4.12. The molecular formula is C24H32N2O5. The Morgan fingerprint density at radius 1 is 1.19 bits per heavy atom. The first-order valence-corrected chi connectivity index (χ1v) is 11.3. The van der Waals surface area contributed by atoms with Crippen LogP contribution in [-0.4, -0.2) is 44.3 Å². The van der Waals surface area contributed by atoms with Gasteiger partial charge in [-0.1, -0.05) is 32.1 Å². The summed E-state index contributed by atoms with van der Waals surface area (Å²) >= 11 is 0. The molecule has 0 bridgehead atoms. The summed E-state index contributed by atoms with van der Waals surface area (Å²) in [5, 5.41) is 7.20. The van der Waals surface area contributed by atoms with E-state index in [1.165, 1.54) is 32.1 Å². The molecule has 168 valence electrons. The van der Waals surface area contributed by atoms with Gasteiger partial charge in [0.2, 0.25) is 11.7 Å². The second-order valence-electron chi connectivity index (χ2n) is 8.78. The van der Waals surface area contributed by atoms with Gasteiger partial charge in [-0.25, -0.2) is 4.79 Å². The molecular weight excluding hydrogens is 396 g/mol. The number of fused-ring (bicyclic) bond motifs is 1. The van der Waals surface area contributed by atoms with E-state index in [-0.39, 0.29) is 30.4 Å². The Kier molecular flexibility index (Phi) is 6.92. The summed E-state index contributed by atoms with van der Waals surface area (Å²) in [5.74, 6) is 0.677. The number of benzene rings is 1. The summed E-state index contributed by atoms with van der Waals surface area (Å²) in [5.41, 5.74) is 1.27. The van der Waals surface area contributed by atoms with E-state index in [2.05, 4.69) is 10.6 Å². The van der Waals surface area contributed by atoms with Crippen molar-refractivity contribution in [1.82, 2.24) is 5.32 Å². The monoisotopic (exact) mass is 428 g/mol. The molecule has 3 atom stereocenters. The van der Waals surface area contributed by atoms with Crippen molar-refractivity contribution in [2.24, 2.45) is 11.8 Å². The molecule has 2 fully saturated rings. The van der Waals surface area contributed by atoms with Crippen LogP contribution in [0.2, 0.25) is 0 Å². The fourth-order valence-electron chi connectivity index (χ4n) is 4.85. The molecule has 7 heteroatoms. The van der Waals surface area contributed by atoms with Gasteiger partial charge in [-0.15, -0.1) is 0 Å². The first kappa shape index (κ1) is 21.8. The highest BCUT2D eigenvalue weighted by Crippen LogP contribution is 2.36. The molecule has 0 radical (unpaired) electrons. The average Bonchev–Trinajstić information content (AvgIpc) is 3.45. The maximum atomic E-state index is 13.0. The Balaban J connectivity index is 1.41. The third-order valence-corrected chi connectivity index (χ3v) is 6.64. The average molecular weight is 429 g/mol. The van der Waals surface area contributed by atoms with Gasteiger partial charge in [0.1, 0.15) is 12.2 Å². The van der Waals surface area contributed by atoms with Gasteiger partial charge in [-0.2, -0.15) is 0 Å². The number of hydrogen-bond donors (Lipinski definition) is 2. The van der Waals surface area contributed by atoms with Gasteiger partial charge in [0.15, 0.2) is 0 Å². The van der Waals surface area contributed by atoms with Crippen molar-refractivity contribution < 1.29 is 23.5 Å². The number of ether oxygens (including phenoxy) is 2. The van der Waals surface area contributed by atoms with Crippen LogP contribution >= 0.6 is 0 Å². The fourth-order valence-corrected chi connectivity index (χ4v) is 4.85. The van der Waals surface area contributed by atoms with Gasteiger partial charge >= 0.3 is 5.97 Å². The van der Waals surface area contributed by atoms with Gasteiger partial charge in [0.25, 0.3) is 0 Å². The largest absolute Gasteiger partial charge is 0.457 e. The number of hydrogen-bond acceptors (Lipinski definition) is 6. The summed E-state index contributed by atoms with van der Waals surface area (Å²) < 4.78 is 15.9. The van der Waals surface area contributed by atoms with Crippen LogP contribution in [0.15, 0.2) is 28.7 Å². The molecule has 0 spiro atoms. The van der Waals surface area contributed by atoms with Crippen molar-refractivity contribution in [3.63, 3.8) is 0 Å². The van der Waals surface area contributed by atoms with E-state index >= 15 is 0 Å². The standard InChI is InChI=1S/C24H32N2O5/c1-15(29-2)14-30-24(28)21-13-17-12-18(8-9-20(17)31-21)26-23(27)22-19(10-11-25-22)16-6-4-3-5-7-16/h8-9,12-13,15-16,19,22,25H,3-7,10-11,14H2,1-2H3,(H,26,27)/t15-,19-,22+/m0/s1. The van der Waals surface area contributed by atoms with E-state index in [9.17, 15) is 9.59 Å². The number of anilines is 1. The minimum atomic E-state index is -0.531. The van der Waals surface area contributed by atoms with Crippen molar-refractivity contribution >= 4 is 28.5 Å². The number of esters is 1. The van der Waals surface area contributed by atoms with Crippen LogP contribution < -0.4 is 10.6 Å². The Morgan fingerprint density at radius 3 is 2.77 bits per heavy atom. The number of methoxy groups -OCH3 is 1. The molecule has 2 aromatic rings. The van der Waals surface area contributed by atoms with Crippen LogP contribution in [0, 0.1) is 11.8 Å². The highest BCUT2D eigenvalue weighted by Gasteiger charge is 2.38. The lowest BCUT2D eigenvalue weighted by Gasteiger charge is -2.30. The molecule has 1 amide bonds. The summed E-state index contributed by atoms with van der Waals surface area (Å²) in [7, 11) is 1.56. The van der Waals surface area contributed by atoms with Gasteiger partial charge < -0.3 is 24.5 Å². The van der Waals surface area contributed by atoms with E-state index in [0.717, 1.165) is 18.4 Å². The second-order valence-corrected chi connectivity index (χ2v) is 8.78. The highest BCUT2D eigenvalue weighted by molar-refractivity contribution is 5.98. The summed E-state index contributed by atoms with van der Waals surface area (Å²) in [6.07, 6.45) is 7.23. The minimum Gasteiger partial charge on any atom is -0.457 e. The smallest absolute Gasteiger partial charge is 0.374 e. The van der Waals surface area contributed by atoms with Crippen molar-refractivity contribution in [1.29, 1.82) is 0 Å².